The summed E-state index contributed by atoms with van der Waals surface area (Å²) in [5.41, 5.74) is -1.33. The Kier molecular flexibility index (Phi) is 8.66. The lowest BCUT2D eigenvalue weighted by atomic mass is 9.43. The molecule has 45 heavy (non-hydrogen) atoms. The minimum atomic E-state index is -1.04. The number of nitrogens with zero attached hydrogens (tertiary/aromatic N) is 1. The van der Waals surface area contributed by atoms with E-state index < -0.39 is 42.6 Å². The van der Waals surface area contributed by atoms with E-state index >= 15 is 0 Å². The van der Waals surface area contributed by atoms with Crippen LogP contribution >= 0.6 is 0 Å². The Bertz CT molecular complexity index is 1330. The maximum absolute atomic E-state index is 13.8. The van der Waals surface area contributed by atoms with Crippen molar-refractivity contribution in [1.82, 2.24) is 4.90 Å². The quantitative estimate of drug-likeness (QED) is 0.207. The van der Waals surface area contributed by atoms with Gasteiger partial charge < -0.3 is 38.3 Å². The topological polar surface area (TPSA) is 130 Å². The number of carbonyl (C=O) groups excluding carboxylic acids is 2. The third kappa shape index (κ3) is 6.92. The number of benzene rings is 1. The minimum absolute atomic E-state index is 0.0193. The molecule has 0 radical (unpaired) electrons. The smallest absolute Gasteiger partial charge is 0.487 e. The number of carbonyl (C=O) groups is 3. The standard InChI is InChI=1S/C33H48BNO10/c1-30(2,3)42-27(36)25-22(40-21-13-15-35(18-21)28(37)38)11-10-19(26(25)41-29(39)43-31(4,5)6)12-14-34-44-24-17-20-16-23(32(20,7)8)33(24,9)45-34/h10-11,20-21,23-24H,12-18H2,1-9H3,(H,37,38)/t20-,21+,23-,24+,33-/m0/s1. The zero-order valence-electron chi connectivity index (χ0n) is 28.1. The van der Waals surface area contributed by atoms with Crippen LogP contribution in [-0.4, -0.2) is 77.4 Å². The monoisotopic (exact) mass is 629 g/mol. The molecule has 1 amide bonds. The number of ether oxygens (including phenoxy) is 4. The van der Waals surface area contributed by atoms with E-state index in [2.05, 4.69) is 20.8 Å². The third-order valence-corrected chi connectivity index (χ3v) is 9.74. The van der Waals surface area contributed by atoms with Crippen molar-refractivity contribution in [3.63, 3.8) is 0 Å². The highest BCUT2D eigenvalue weighted by Gasteiger charge is 2.67. The molecule has 5 fully saturated rings. The summed E-state index contributed by atoms with van der Waals surface area (Å²) in [4.78, 5) is 39.5. The molecule has 248 valence electrons. The number of hydrogen-bond donors (Lipinski definition) is 1. The Morgan fingerprint density at radius 3 is 2.33 bits per heavy atom. The zero-order valence-corrected chi connectivity index (χ0v) is 28.1. The van der Waals surface area contributed by atoms with E-state index in [0.29, 0.717) is 43.1 Å². The summed E-state index contributed by atoms with van der Waals surface area (Å²) in [5, 5.41) is 9.42. The first-order valence-electron chi connectivity index (χ1n) is 16.0. The van der Waals surface area contributed by atoms with E-state index in [1.807, 2.05) is 0 Å². The zero-order chi connectivity index (χ0) is 33.1. The average Bonchev–Trinajstić information content (AvgIpc) is 3.49. The number of esters is 1. The summed E-state index contributed by atoms with van der Waals surface area (Å²) >= 11 is 0. The molecule has 2 saturated heterocycles. The molecule has 5 atom stereocenters. The van der Waals surface area contributed by atoms with Crippen molar-refractivity contribution in [2.45, 2.75) is 123 Å². The van der Waals surface area contributed by atoms with Crippen LogP contribution in [0.1, 0.15) is 97.5 Å². The van der Waals surface area contributed by atoms with Gasteiger partial charge in [0.25, 0.3) is 0 Å². The molecule has 12 heteroatoms. The summed E-state index contributed by atoms with van der Waals surface area (Å²) in [7, 11) is -0.453. The van der Waals surface area contributed by atoms with Gasteiger partial charge in [0.15, 0.2) is 5.75 Å². The van der Waals surface area contributed by atoms with Gasteiger partial charge in [-0.1, -0.05) is 19.9 Å². The predicted molar refractivity (Wildman–Crippen MR) is 166 cm³/mol. The van der Waals surface area contributed by atoms with Crippen LogP contribution in [0.4, 0.5) is 9.59 Å². The largest absolute Gasteiger partial charge is 0.514 e. The molecule has 0 spiro atoms. The Hall–Kier alpha value is -2.99. The van der Waals surface area contributed by atoms with Gasteiger partial charge in [0.1, 0.15) is 28.6 Å². The van der Waals surface area contributed by atoms with Crippen molar-refractivity contribution in [1.29, 1.82) is 0 Å². The van der Waals surface area contributed by atoms with Crippen molar-refractivity contribution < 1.29 is 47.7 Å². The SMILES string of the molecule is CC(C)(C)OC(=O)Oc1c(CCB2O[C@@H]3C[C@@H]4C[C@@H](C4(C)C)[C@]3(C)O2)ccc(O[C@@H]2CCN(C(=O)O)C2)c1C(=O)OC(C)(C)C. The molecule has 2 bridgehead atoms. The van der Waals surface area contributed by atoms with Crippen molar-refractivity contribution in [2.75, 3.05) is 13.1 Å². The normalized spacial score (nSPS) is 28.6. The minimum Gasteiger partial charge on any atom is -0.487 e. The van der Waals surface area contributed by atoms with Gasteiger partial charge in [-0.2, -0.15) is 0 Å². The van der Waals surface area contributed by atoms with E-state index in [9.17, 15) is 19.5 Å². The van der Waals surface area contributed by atoms with Crippen LogP contribution in [0.25, 0.3) is 0 Å². The molecule has 5 aliphatic rings. The fourth-order valence-electron chi connectivity index (χ4n) is 7.42. The maximum Gasteiger partial charge on any atom is 0.514 e. The van der Waals surface area contributed by atoms with E-state index in [1.54, 1.807) is 53.7 Å². The van der Waals surface area contributed by atoms with Crippen molar-refractivity contribution in [3.8, 4) is 11.5 Å². The Balaban J connectivity index is 1.44. The van der Waals surface area contributed by atoms with Gasteiger partial charge in [-0.3, -0.25) is 0 Å². The van der Waals surface area contributed by atoms with Crippen LogP contribution < -0.4 is 9.47 Å². The molecule has 1 N–H and O–H groups in total. The highest BCUT2D eigenvalue weighted by molar-refractivity contribution is 6.45. The van der Waals surface area contributed by atoms with Crippen LogP contribution in [0.3, 0.4) is 0 Å². The maximum atomic E-state index is 13.8. The van der Waals surface area contributed by atoms with Crippen molar-refractivity contribution in [3.05, 3.63) is 23.3 Å². The highest BCUT2D eigenvalue weighted by atomic mass is 16.7. The molecule has 2 aliphatic heterocycles. The molecule has 6 rings (SSSR count). The molecule has 0 aromatic heterocycles. The Morgan fingerprint density at radius 1 is 1.04 bits per heavy atom. The first-order chi connectivity index (χ1) is 20.8. The number of aryl methyl sites for hydroxylation is 1. The van der Waals surface area contributed by atoms with E-state index in [-0.39, 0.29) is 40.7 Å². The lowest BCUT2D eigenvalue weighted by Gasteiger charge is -2.64. The molecule has 3 aliphatic carbocycles. The predicted octanol–water partition coefficient (Wildman–Crippen LogP) is 6.36. The Labute approximate surface area is 266 Å². The molecule has 0 unspecified atom stereocenters. The van der Waals surface area contributed by atoms with Crippen LogP contribution in [0.5, 0.6) is 11.5 Å². The number of amides is 1. The number of likely N-dealkylation sites (tertiary alicyclic amines) is 1. The summed E-state index contributed by atoms with van der Waals surface area (Å²) in [6.07, 6.45) is 0.923. The number of carboxylic acid groups (broad SMARTS) is 1. The van der Waals surface area contributed by atoms with Crippen molar-refractivity contribution >= 4 is 25.3 Å². The van der Waals surface area contributed by atoms with Crippen LogP contribution in [0.15, 0.2) is 12.1 Å². The average molecular weight is 630 g/mol. The van der Waals surface area contributed by atoms with Crippen LogP contribution in [0, 0.1) is 17.3 Å². The fourth-order valence-corrected chi connectivity index (χ4v) is 7.42. The van der Waals surface area contributed by atoms with Gasteiger partial charge >= 0.3 is 25.3 Å². The second-order valence-electron chi connectivity index (χ2n) is 15.7. The summed E-state index contributed by atoms with van der Waals surface area (Å²) in [6, 6.07) is 3.39. The van der Waals surface area contributed by atoms with Gasteiger partial charge in [0.2, 0.25) is 0 Å². The summed E-state index contributed by atoms with van der Waals surface area (Å²) in [6.45, 7) is 17.6. The molecule has 3 saturated carbocycles. The lowest BCUT2D eigenvalue weighted by molar-refractivity contribution is -0.199. The first-order valence-corrected chi connectivity index (χ1v) is 16.0. The van der Waals surface area contributed by atoms with Gasteiger partial charge in [0.05, 0.1) is 18.2 Å². The van der Waals surface area contributed by atoms with Gasteiger partial charge in [-0.05, 0) is 103 Å². The molecule has 1 aromatic rings. The molecular formula is C33H48BNO10. The summed E-state index contributed by atoms with van der Waals surface area (Å²) < 4.78 is 36.3. The van der Waals surface area contributed by atoms with E-state index in [0.717, 1.165) is 12.8 Å². The first kappa shape index (κ1) is 33.4. The van der Waals surface area contributed by atoms with Gasteiger partial charge in [-0.15, -0.1) is 0 Å². The molecular weight excluding hydrogens is 581 g/mol. The van der Waals surface area contributed by atoms with Crippen LogP contribution in [0.2, 0.25) is 6.32 Å². The Morgan fingerprint density at radius 2 is 1.73 bits per heavy atom. The second-order valence-corrected chi connectivity index (χ2v) is 15.7. The molecule has 2 heterocycles. The second kappa shape index (κ2) is 11.7. The molecule has 11 nitrogen and oxygen atoms in total. The fraction of sp³-hybridized carbons (Fsp3) is 0.727. The number of rotatable bonds is 7. The molecule has 1 aromatic carbocycles. The lowest BCUT2D eigenvalue weighted by Crippen LogP contribution is -2.65. The highest BCUT2D eigenvalue weighted by Crippen LogP contribution is 2.65. The van der Waals surface area contributed by atoms with Gasteiger partial charge in [0, 0.05) is 13.0 Å². The third-order valence-electron chi connectivity index (χ3n) is 9.74. The van der Waals surface area contributed by atoms with E-state index in [1.165, 1.54) is 4.90 Å². The number of hydrogen-bond acceptors (Lipinski definition) is 9. The van der Waals surface area contributed by atoms with Crippen LogP contribution in [-0.2, 0) is 25.2 Å². The summed E-state index contributed by atoms with van der Waals surface area (Å²) in [5.74, 6) is 0.433. The van der Waals surface area contributed by atoms with Crippen molar-refractivity contribution in [2.24, 2.45) is 17.3 Å². The van der Waals surface area contributed by atoms with Gasteiger partial charge in [-0.25, -0.2) is 14.4 Å². The van der Waals surface area contributed by atoms with E-state index in [4.69, 9.17) is 28.3 Å².